The number of nitrogens with one attached hydrogen (secondary N) is 1. The number of hydrogen-bond acceptors (Lipinski definition) is 5. The molecule has 0 aromatic heterocycles. The molecular weight excluding hydrogens is 342 g/mol. The van der Waals surface area contributed by atoms with Crippen LogP contribution in [0.3, 0.4) is 0 Å². The lowest BCUT2D eigenvalue weighted by Crippen LogP contribution is -2.28. The van der Waals surface area contributed by atoms with Crippen molar-refractivity contribution >= 4 is 10.0 Å². The van der Waals surface area contributed by atoms with Gasteiger partial charge in [0.15, 0.2) is 11.5 Å². The first-order valence-electron chi connectivity index (χ1n) is 8.13. The summed E-state index contributed by atoms with van der Waals surface area (Å²) < 4.78 is 42.7. The van der Waals surface area contributed by atoms with Crippen LogP contribution in [0.1, 0.15) is 18.1 Å². The van der Waals surface area contributed by atoms with E-state index in [4.69, 9.17) is 14.2 Å². The van der Waals surface area contributed by atoms with Gasteiger partial charge in [0.2, 0.25) is 16.8 Å². The van der Waals surface area contributed by atoms with E-state index in [1.54, 1.807) is 12.1 Å². The molecule has 1 aliphatic rings. The summed E-state index contributed by atoms with van der Waals surface area (Å²) in [5.41, 5.74) is 2.02. The van der Waals surface area contributed by atoms with Crippen LogP contribution in [-0.4, -0.2) is 27.6 Å². The van der Waals surface area contributed by atoms with E-state index in [0.717, 1.165) is 12.0 Å². The molecule has 1 N–H and O–H groups in total. The summed E-state index contributed by atoms with van der Waals surface area (Å²) in [4.78, 5) is 0. The third-order valence-electron chi connectivity index (χ3n) is 3.89. The Morgan fingerprint density at radius 1 is 1.04 bits per heavy atom. The van der Waals surface area contributed by atoms with Crippen LogP contribution in [0.15, 0.2) is 42.5 Å². The lowest BCUT2D eigenvalue weighted by Gasteiger charge is -2.09. The summed E-state index contributed by atoms with van der Waals surface area (Å²) in [5, 5.41) is 0. The molecule has 2 aromatic rings. The summed E-state index contributed by atoms with van der Waals surface area (Å²) in [7, 11) is -3.42. The molecule has 25 heavy (non-hydrogen) atoms. The molecule has 0 radical (unpaired) electrons. The van der Waals surface area contributed by atoms with Gasteiger partial charge in [-0.15, -0.1) is 0 Å². The zero-order valence-corrected chi connectivity index (χ0v) is 14.8. The lowest BCUT2D eigenvalue weighted by atomic mass is 10.2. The Bertz CT molecular complexity index is 818. The zero-order chi connectivity index (χ0) is 17.7. The fourth-order valence-corrected chi connectivity index (χ4v) is 3.24. The number of fused-ring (bicyclic) bond motifs is 1. The van der Waals surface area contributed by atoms with Crippen LogP contribution in [0.5, 0.6) is 17.2 Å². The van der Waals surface area contributed by atoms with E-state index in [9.17, 15) is 8.42 Å². The van der Waals surface area contributed by atoms with Crippen molar-refractivity contribution in [1.29, 1.82) is 0 Å². The number of rotatable bonds is 8. The molecule has 0 saturated heterocycles. The van der Waals surface area contributed by atoms with E-state index in [-0.39, 0.29) is 25.7 Å². The summed E-state index contributed by atoms with van der Waals surface area (Å²) in [5.74, 6) is 1.88. The van der Waals surface area contributed by atoms with Crippen LogP contribution in [-0.2, 0) is 23.0 Å². The van der Waals surface area contributed by atoms with E-state index < -0.39 is 10.0 Å². The first-order valence-corrected chi connectivity index (χ1v) is 9.78. The normalized spacial score (nSPS) is 13.0. The van der Waals surface area contributed by atoms with Crippen LogP contribution in [0.25, 0.3) is 0 Å². The van der Waals surface area contributed by atoms with Crippen molar-refractivity contribution in [2.24, 2.45) is 0 Å². The standard InChI is InChI=1S/C18H21NO5S/c1-2-14-3-6-16(7-4-14)22-9-10-25(20,21)19-12-15-5-8-17-18(11-15)24-13-23-17/h3-8,11,19H,2,9-10,12-13H2,1H3. The van der Waals surface area contributed by atoms with Crippen molar-refractivity contribution in [3.63, 3.8) is 0 Å². The third-order valence-corrected chi connectivity index (χ3v) is 5.17. The van der Waals surface area contributed by atoms with Crippen molar-refractivity contribution < 1.29 is 22.6 Å². The van der Waals surface area contributed by atoms with Crippen molar-refractivity contribution in [3.05, 3.63) is 53.6 Å². The second kappa shape index (κ2) is 7.76. The molecule has 7 heteroatoms. The smallest absolute Gasteiger partial charge is 0.231 e. The fourth-order valence-electron chi connectivity index (χ4n) is 2.41. The summed E-state index contributed by atoms with van der Waals surface area (Å²) >= 11 is 0. The topological polar surface area (TPSA) is 73.9 Å². The Labute approximate surface area is 147 Å². The molecule has 3 rings (SSSR count). The predicted molar refractivity (Wildman–Crippen MR) is 94.5 cm³/mol. The number of ether oxygens (including phenoxy) is 3. The monoisotopic (exact) mass is 363 g/mol. The van der Waals surface area contributed by atoms with Gasteiger partial charge in [-0.1, -0.05) is 25.1 Å². The first kappa shape index (κ1) is 17.6. The molecule has 0 aliphatic carbocycles. The van der Waals surface area contributed by atoms with Gasteiger partial charge in [-0.25, -0.2) is 13.1 Å². The van der Waals surface area contributed by atoms with Crippen molar-refractivity contribution in [2.75, 3.05) is 19.2 Å². The molecule has 0 saturated carbocycles. The van der Waals surface area contributed by atoms with Gasteiger partial charge in [-0.3, -0.25) is 0 Å². The quantitative estimate of drug-likeness (QED) is 0.780. The minimum Gasteiger partial charge on any atom is -0.492 e. The lowest BCUT2D eigenvalue weighted by molar-refractivity contribution is 0.174. The maximum Gasteiger partial charge on any atom is 0.231 e. The van der Waals surface area contributed by atoms with Gasteiger partial charge in [0.1, 0.15) is 12.4 Å². The molecule has 2 aromatic carbocycles. The second-order valence-electron chi connectivity index (χ2n) is 5.67. The number of aryl methyl sites for hydroxylation is 1. The average molecular weight is 363 g/mol. The van der Waals surface area contributed by atoms with E-state index in [2.05, 4.69) is 11.6 Å². The number of hydrogen-bond donors (Lipinski definition) is 1. The van der Waals surface area contributed by atoms with Gasteiger partial charge in [0.25, 0.3) is 0 Å². The Kier molecular flexibility index (Phi) is 5.45. The number of sulfonamides is 1. The van der Waals surface area contributed by atoms with E-state index >= 15 is 0 Å². The van der Waals surface area contributed by atoms with Crippen molar-refractivity contribution in [2.45, 2.75) is 19.9 Å². The van der Waals surface area contributed by atoms with Gasteiger partial charge in [0, 0.05) is 6.54 Å². The zero-order valence-electron chi connectivity index (χ0n) is 14.0. The fraction of sp³-hybridized carbons (Fsp3) is 0.333. The van der Waals surface area contributed by atoms with Crippen molar-refractivity contribution in [3.8, 4) is 17.2 Å². The molecule has 0 spiro atoms. The molecular formula is C18H21NO5S. The van der Waals surface area contributed by atoms with E-state index in [1.165, 1.54) is 5.56 Å². The molecule has 0 atom stereocenters. The molecule has 0 bridgehead atoms. The number of benzene rings is 2. The highest BCUT2D eigenvalue weighted by molar-refractivity contribution is 7.89. The Balaban J connectivity index is 1.46. The van der Waals surface area contributed by atoms with Gasteiger partial charge < -0.3 is 14.2 Å². The summed E-state index contributed by atoms with van der Waals surface area (Å²) in [6.45, 7) is 2.57. The van der Waals surface area contributed by atoms with E-state index in [1.807, 2.05) is 30.3 Å². The van der Waals surface area contributed by atoms with Crippen LogP contribution in [0.4, 0.5) is 0 Å². The average Bonchev–Trinajstić information content (AvgIpc) is 3.08. The van der Waals surface area contributed by atoms with Crippen LogP contribution >= 0.6 is 0 Å². The SMILES string of the molecule is CCc1ccc(OCCS(=O)(=O)NCc2ccc3c(c2)OCO3)cc1. The van der Waals surface area contributed by atoms with Gasteiger partial charge in [-0.05, 0) is 41.8 Å². The molecule has 134 valence electrons. The molecule has 6 nitrogen and oxygen atoms in total. The van der Waals surface area contributed by atoms with Crippen molar-refractivity contribution in [1.82, 2.24) is 4.72 Å². The maximum atomic E-state index is 12.1. The Morgan fingerprint density at radius 2 is 1.76 bits per heavy atom. The summed E-state index contributed by atoms with van der Waals surface area (Å²) in [6, 6.07) is 13.0. The Morgan fingerprint density at radius 3 is 2.52 bits per heavy atom. The third kappa shape index (κ3) is 4.87. The highest BCUT2D eigenvalue weighted by Crippen LogP contribution is 2.32. The Hall–Kier alpha value is -2.25. The summed E-state index contributed by atoms with van der Waals surface area (Å²) in [6.07, 6.45) is 0.957. The minimum absolute atomic E-state index is 0.0992. The predicted octanol–water partition coefficient (Wildman–Crippen LogP) is 2.48. The highest BCUT2D eigenvalue weighted by Gasteiger charge is 2.15. The molecule has 0 fully saturated rings. The molecule has 1 aliphatic heterocycles. The molecule has 0 amide bonds. The molecule has 0 unspecified atom stereocenters. The first-order chi connectivity index (χ1) is 12.1. The van der Waals surface area contributed by atoms with Gasteiger partial charge in [0.05, 0.1) is 5.75 Å². The van der Waals surface area contributed by atoms with E-state index in [0.29, 0.717) is 17.2 Å². The van der Waals surface area contributed by atoms with Gasteiger partial charge in [-0.2, -0.15) is 0 Å². The largest absolute Gasteiger partial charge is 0.492 e. The highest BCUT2D eigenvalue weighted by atomic mass is 32.2. The van der Waals surface area contributed by atoms with Crippen LogP contribution in [0.2, 0.25) is 0 Å². The second-order valence-corrected chi connectivity index (χ2v) is 7.60. The molecule has 1 heterocycles. The van der Waals surface area contributed by atoms with Crippen LogP contribution < -0.4 is 18.9 Å². The van der Waals surface area contributed by atoms with Gasteiger partial charge >= 0.3 is 0 Å². The maximum absolute atomic E-state index is 12.1. The van der Waals surface area contributed by atoms with Crippen LogP contribution in [0, 0.1) is 0 Å². The minimum atomic E-state index is -3.42.